The second-order valence-corrected chi connectivity index (χ2v) is 5.14. The molecule has 1 aliphatic rings. The van der Waals surface area contributed by atoms with Crippen LogP contribution in [0, 0.1) is 5.41 Å². The van der Waals surface area contributed by atoms with Crippen molar-refractivity contribution in [2.24, 2.45) is 5.41 Å². The van der Waals surface area contributed by atoms with Gasteiger partial charge in [0, 0.05) is 13.2 Å². The van der Waals surface area contributed by atoms with Crippen LogP contribution >= 0.6 is 0 Å². The van der Waals surface area contributed by atoms with Gasteiger partial charge in [-0.25, -0.2) is 4.79 Å². The summed E-state index contributed by atoms with van der Waals surface area (Å²) in [4.78, 5) is 12.3. The third-order valence-corrected chi connectivity index (χ3v) is 3.37. The van der Waals surface area contributed by atoms with Crippen molar-refractivity contribution in [1.82, 2.24) is 4.90 Å². The summed E-state index contributed by atoms with van der Waals surface area (Å²) in [6.07, 6.45) is 1.66. The summed E-state index contributed by atoms with van der Waals surface area (Å²) >= 11 is 0. The summed E-state index contributed by atoms with van der Waals surface area (Å²) in [5, 5.41) is 18.4. The molecule has 17 heavy (non-hydrogen) atoms. The Labute approximate surface area is 102 Å². The van der Waals surface area contributed by atoms with Gasteiger partial charge in [0.25, 0.3) is 0 Å². The predicted molar refractivity (Wildman–Crippen MR) is 64.1 cm³/mol. The molecule has 2 N–H and O–H groups in total. The summed E-state index contributed by atoms with van der Waals surface area (Å²) in [6.45, 7) is 5.53. The van der Waals surface area contributed by atoms with E-state index in [1.165, 1.54) is 4.90 Å². The van der Waals surface area contributed by atoms with Crippen LogP contribution in [-0.4, -0.2) is 53.6 Å². The van der Waals surface area contributed by atoms with Crippen LogP contribution in [0.3, 0.4) is 0 Å². The maximum absolute atomic E-state index is 10.9. The average Bonchev–Trinajstić information content (AvgIpc) is 2.29. The maximum Gasteiger partial charge on any atom is 0.407 e. The summed E-state index contributed by atoms with van der Waals surface area (Å²) in [5.41, 5.74) is -0.166. The van der Waals surface area contributed by atoms with Crippen LogP contribution in [0.5, 0.6) is 0 Å². The van der Waals surface area contributed by atoms with Gasteiger partial charge in [0.2, 0.25) is 0 Å². The number of aliphatic hydroxyl groups is 1. The van der Waals surface area contributed by atoms with Gasteiger partial charge < -0.3 is 19.8 Å². The Bertz CT molecular complexity index is 259. The molecule has 0 aromatic heterocycles. The van der Waals surface area contributed by atoms with Crippen molar-refractivity contribution in [2.45, 2.75) is 39.2 Å². The zero-order chi connectivity index (χ0) is 12.9. The van der Waals surface area contributed by atoms with E-state index in [4.69, 9.17) is 9.84 Å². The molecular formula is C12H23NO4. The zero-order valence-corrected chi connectivity index (χ0v) is 10.7. The first-order valence-electron chi connectivity index (χ1n) is 6.21. The maximum atomic E-state index is 10.9. The smallest absolute Gasteiger partial charge is 0.407 e. The minimum Gasteiger partial charge on any atom is -0.465 e. The Morgan fingerprint density at radius 1 is 1.59 bits per heavy atom. The molecule has 1 aliphatic heterocycles. The summed E-state index contributed by atoms with van der Waals surface area (Å²) in [7, 11) is 0. The molecule has 100 valence electrons. The van der Waals surface area contributed by atoms with Gasteiger partial charge in [-0.05, 0) is 18.3 Å². The molecule has 0 aromatic carbocycles. The van der Waals surface area contributed by atoms with Gasteiger partial charge in [-0.1, -0.05) is 20.3 Å². The van der Waals surface area contributed by atoms with Gasteiger partial charge >= 0.3 is 6.09 Å². The summed E-state index contributed by atoms with van der Waals surface area (Å²) in [5.74, 6) is 0. The van der Waals surface area contributed by atoms with Crippen LogP contribution in [0.25, 0.3) is 0 Å². The third kappa shape index (κ3) is 4.16. The molecule has 0 spiro atoms. The number of amides is 1. The van der Waals surface area contributed by atoms with Crippen molar-refractivity contribution in [3.8, 4) is 0 Å². The standard InChI is InChI=1S/C12H23NO4/c1-3-4-12(2,9-14)7-10-8-13(11(15)16)5-6-17-10/h10,14H,3-9H2,1-2H3,(H,15,16). The lowest BCUT2D eigenvalue weighted by atomic mass is 9.81. The van der Waals surface area contributed by atoms with Gasteiger partial charge in [-0.3, -0.25) is 0 Å². The molecule has 1 amide bonds. The third-order valence-electron chi connectivity index (χ3n) is 3.37. The van der Waals surface area contributed by atoms with E-state index in [9.17, 15) is 9.90 Å². The molecule has 0 aromatic rings. The van der Waals surface area contributed by atoms with E-state index in [0.29, 0.717) is 26.1 Å². The normalized spacial score (nSPS) is 24.4. The number of carboxylic acid groups (broad SMARTS) is 1. The first-order valence-corrected chi connectivity index (χ1v) is 6.21. The second kappa shape index (κ2) is 6.21. The van der Waals surface area contributed by atoms with E-state index < -0.39 is 6.09 Å². The van der Waals surface area contributed by atoms with Gasteiger partial charge in [0.15, 0.2) is 0 Å². The van der Waals surface area contributed by atoms with Crippen molar-refractivity contribution in [2.75, 3.05) is 26.3 Å². The van der Waals surface area contributed by atoms with Crippen molar-refractivity contribution in [3.63, 3.8) is 0 Å². The van der Waals surface area contributed by atoms with E-state index in [1.807, 2.05) is 6.92 Å². The SMILES string of the molecule is CCCC(C)(CO)CC1CN(C(=O)O)CCO1. The Kier molecular flexibility index (Phi) is 5.21. The van der Waals surface area contributed by atoms with Crippen molar-refractivity contribution >= 4 is 6.09 Å². The summed E-state index contributed by atoms with van der Waals surface area (Å²) in [6, 6.07) is 0. The first-order chi connectivity index (χ1) is 8.00. The van der Waals surface area contributed by atoms with Gasteiger partial charge in [-0.15, -0.1) is 0 Å². The molecule has 0 radical (unpaired) electrons. The molecule has 0 bridgehead atoms. The Morgan fingerprint density at radius 3 is 2.82 bits per heavy atom. The highest BCUT2D eigenvalue weighted by atomic mass is 16.5. The van der Waals surface area contributed by atoms with Crippen LogP contribution in [0.15, 0.2) is 0 Å². The molecule has 5 heteroatoms. The fourth-order valence-corrected chi connectivity index (χ4v) is 2.42. The predicted octanol–water partition coefficient (Wildman–Crippen LogP) is 1.55. The number of carbonyl (C=O) groups is 1. The van der Waals surface area contributed by atoms with Gasteiger partial charge in [0.05, 0.1) is 19.3 Å². The van der Waals surface area contributed by atoms with Crippen molar-refractivity contribution < 1.29 is 19.7 Å². The highest BCUT2D eigenvalue weighted by Crippen LogP contribution is 2.30. The Hall–Kier alpha value is -0.810. The summed E-state index contributed by atoms with van der Waals surface area (Å²) < 4.78 is 5.59. The molecule has 1 rings (SSSR count). The molecule has 1 fully saturated rings. The van der Waals surface area contributed by atoms with E-state index in [2.05, 4.69) is 6.92 Å². The van der Waals surface area contributed by atoms with Crippen LogP contribution in [-0.2, 0) is 4.74 Å². The van der Waals surface area contributed by atoms with Crippen molar-refractivity contribution in [1.29, 1.82) is 0 Å². The minimum absolute atomic E-state index is 0.0939. The lowest BCUT2D eigenvalue weighted by Crippen LogP contribution is -2.46. The van der Waals surface area contributed by atoms with E-state index in [0.717, 1.165) is 12.8 Å². The van der Waals surface area contributed by atoms with E-state index >= 15 is 0 Å². The zero-order valence-electron chi connectivity index (χ0n) is 10.7. The van der Waals surface area contributed by atoms with Gasteiger partial charge in [-0.2, -0.15) is 0 Å². The quantitative estimate of drug-likeness (QED) is 0.771. The Morgan fingerprint density at radius 2 is 2.29 bits per heavy atom. The number of ether oxygens (including phenoxy) is 1. The highest BCUT2D eigenvalue weighted by molar-refractivity contribution is 5.65. The molecule has 1 heterocycles. The molecule has 0 saturated carbocycles. The monoisotopic (exact) mass is 245 g/mol. The molecule has 5 nitrogen and oxygen atoms in total. The molecular weight excluding hydrogens is 222 g/mol. The molecule has 2 atom stereocenters. The lowest BCUT2D eigenvalue weighted by Gasteiger charge is -2.36. The second-order valence-electron chi connectivity index (χ2n) is 5.14. The Balaban J connectivity index is 2.52. The first kappa shape index (κ1) is 14.3. The molecule has 1 saturated heterocycles. The number of morpholine rings is 1. The number of aliphatic hydroxyl groups excluding tert-OH is 1. The number of hydrogen-bond acceptors (Lipinski definition) is 3. The number of nitrogens with zero attached hydrogens (tertiary/aromatic N) is 1. The van der Waals surface area contributed by atoms with E-state index in [1.54, 1.807) is 0 Å². The van der Waals surface area contributed by atoms with Crippen LogP contribution in [0.4, 0.5) is 4.79 Å². The fourth-order valence-electron chi connectivity index (χ4n) is 2.42. The largest absolute Gasteiger partial charge is 0.465 e. The highest BCUT2D eigenvalue weighted by Gasteiger charge is 2.31. The van der Waals surface area contributed by atoms with Crippen molar-refractivity contribution in [3.05, 3.63) is 0 Å². The lowest BCUT2D eigenvalue weighted by molar-refractivity contribution is -0.0514. The van der Waals surface area contributed by atoms with Crippen LogP contribution < -0.4 is 0 Å². The fraction of sp³-hybridized carbons (Fsp3) is 0.917. The molecule has 2 unspecified atom stereocenters. The number of hydrogen-bond donors (Lipinski definition) is 2. The van der Waals surface area contributed by atoms with Crippen LogP contribution in [0.1, 0.15) is 33.1 Å². The van der Waals surface area contributed by atoms with Crippen LogP contribution in [0.2, 0.25) is 0 Å². The minimum atomic E-state index is -0.889. The molecule has 0 aliphatic carbocycles. The van der Waals surface area contributed by atoms with E-state index in [-0.39, 0.29) is 18.1 Å². The van der Waals surface area contributed by atoms with Gasteiger partial charge in [0.1, 0.15) is 0 Å². The number of rotatable bonds is 5. The topological polar surface area (TPSA) is 70.0 Å². The average molecular weight is 245 g/mol.